The lowest BCUT2D eigenvalue weighted by Gasteiger charge is -2.25. The summed E-state index contributed by atoms with van der Waals surface area (Å²) >= 11 is 5.85. The van der Waals surface area contributed by atoms with Crippen LogP contribution in [0.1, 0.15) is 26.3 Å². The van der Waals surface area contributed by atoms with E-state index in [9.17, 15) is 0 Å². The van der Waals surface area contributed by atoms with Gasteiger partial charge >= 0.3 is 0 Å². The molecule has 84 valence electrons. The minimum atomic E-state index is 0.295. The molecule has 0 aliphatic carbocycles. The highest BCUT2D eigenvalue weighted by Gasteiger charge is 2.17. The van der Waals surface area contributed by atoms with Gasteiger partial charge in [0.15, 0.2) is 0 Å². The van der Waals surface area contributed by atoms with E-state index in [0.717, 1.165) is 24.5 Å². The molecule has 1 rings (SSSR count). The molecule has 1 N–H and O–H groups in total. The largest absolute Gasteiger partial charge is 0.316 e. The summed E-state index contributed by atoms with van der Waals surface area (Å²) in [6.45, 7) is 8.78. The van der Waals surface area contributed by atoms with Crippen LogP contribution in [0.5, 0.6) is 0 Å². The second-order valence-corrected chi connectivity index (χ2v) is 5.18. The van der Waals surface area contributed by atoms with Crippen molar-refractivity contribution in [3.05, 3.63) is 34.9 Å². The Labute approximate surface area is 97.8 Å². The van der Waals surface area contributed by atoms with Gasteiger partial charge in [-0.3, -0.25) is 0 Å². The third-order valence-electron chi connectivity index (χ3n) is 2.45. The Hall–Kier alpha value is -0.530. The SMILES string of the molecule is CCNCC(C)(C)Cc1ccc(Cl)cc1. The van der Waals surface area contributed by atoms with E-state index >= 15 is 0 Å². The highest BCUT2D eigenvalue weighted by Crippen LogP contribution is 2.21. The number of benzene rings is 1. The second kappa shape index (κ2) is 5.53. The van der Waals surface area contributed by atoms with Crippen molar-refractivity contribution >= 4 is 11.6 Å². The molecule has 15 heavy (non-hydrogen) atoms. The summed E-state index contributed by atoms with van der Waals surface area (Å²) in [6.07, 6.45) is 1.08. The molecule has 0 aliphatic heterocycles. The van der Waals surface area contributed by atoms with Crippen LogP contribution < -0.4 is 5.32 Å². The Balaban J connectivity index is 2.56. The minimum Gasteiger partial charge on any atom is -0.316 e. The molecule has 2 heteroatoms. The fourth-order valence-electron chi connectivity index (χ4n) is 1.68. The first-order chi connectivity index (χ1) is 7.03. The Bertz CT molecular complexity index is 290. The van der Waals surface area contributed by atoms with E-state index in [1.54, 1.807) is 0 Å². The normalized spacial score (nSPS) is 11.7. The zero-order valence-electron chi connectivity index (χ0n) is 9.81. The molecule has 0 heterocycles. The maximum Gasteiger partial charge on any atom is 0.0406 e. The fourth-order valence-corrected chi connectivity index (χ4v) is 1.81. The molecular formula is C13H20ClN. The van der Waals surface area contributed by atoms with E-state index in [2.05, 4.69) is 38.2 Å². The summed E-state index contributed by atoms with van der Waals surface area (Å²) in [7, 11) is 0. The summed E-state index contributed by atoms with van der Waals surface area (Å²) < 4.78 is 0. The van der Waals surface area contributed by atoms with Crippen molar-refractivity contribution in [1.29, 1.82) is 0 Å². The molecule has 0 atom stereocenters. The Kier molecular flexibility index (Phi) is 4.62. The molecule has 0 radical (unpaired) electrons. The van der Waals surface area contributed by atoms with E-state index in [1.807, 2.05) is 12.1 Å². The van der Waals surface area contributed by atoms with Crippen molar-refractivity contribution in [2.24, 2.45) is 5.41 Å². The monoisotopic (exact) mass is 225 g/mol. The summed E-state index contributed by atoms with van der Waals surface area (Å²) in [5.41, 5.74) is 1.64. The molecule has 0 spiro atoms. The zero-order chi connectivity index (χ0) is 11.3. The van der Waals surface area contributed by atoms with Gasteiger partial charge in [-0.05, 0) is 36.1 Å². The molecule has 0 fully saturated rings. The van der Waals surface area contributed by atoms with E-state index in [1.165, 1.54) is 5.56 Å². The van der Waals surface area contributed by atoms with E-state index in [0.29, 0.717) is 5.41 Å². The van der Waals surface area contributed by atoms with Gasteiger partial charge in [0.05, 0.1) is 0 Å². The number of nitrogens with one attached hydrogen (secondary N) is 1. The lowest BCUT2D eigenvalue weighted by molar-refractivity contribution is 0.342. The lowest BCUT2D eigenvalue weighted by atomic mass is 9.86. The van der Waals surface area contributed by atoms with Crippen molar-refractivity contribution in [2.75, 3.05) is 13.1 Å². The molecule has 0 amide bonds. The predicted molar refractivity (Wildman–Crippen MR) is 67.5 cm³/mol. The van der Waals surface area contributed by atoms with Gasteiger partial charge in [0.2, 0.25) is 0 Å². The van der Waals surface area contributed by atoms with Gasteiger partial charge in [-0.25, -0.2) is 0 Å². The molecule has 0 saturated carbocycles. The Morgan fingerprint density at radius 3 is 2.33 bits per heavy atom. The van der Waals surface area contributed by atoms with Crippen molar-refractivity contribution < 1.29 is 0 Å². The maximum absolute atomic E-state index is 5.85. The van der Waals surface area contributed by atoms with Gasteiger partial charge in [0.1, 0.15) is 0 Å². The first kappa shape index (κ1) is 12.5. The van der Waals surface area contributed by atoms with Crippen LogP contribution in [0.3, 0.4) is 0 Å². The van der Waals surface area contributed by atoms with Gasteiger partial charge in [-0.2, -0.15) is 0 Å². The van der Waals surface area contributed by atoms with Gasteiger partial charge in [0.25, 0.3) is 0 Å². The van der Waals surface area contributed by atoms with E-state index in [-0.39, 0.29) is 0 Å². The lowest BCUT2D eigenvalue weighted by Crippen LogP contribution is -2.30. The zero-order valence-corrected chi connectivity index (χ0v) is 10.6. The molecule has 0 unspecified atom stereocenters. The van der Waals surface area contributed by atoms with Gasteiger partial charge < -0.3 is 5.32 Å². The van der Waals surface area contributed by atoms with Crippen LogP contribution >= 0.6 is 11.6 Å². The van der Waals surface area contributed by atoms with E-state index in [4.69, 9.17) is 11.6 Å². The molecule has 0 aliphatic rings. The smallest absolute Gasteiger partial charge is 0.0406 e. The average Bonchev–Trinajstić information content (AvgIpc) is 2.18. The summed E-state index contributed by atoms with van der Waals surface area (Å²) in [5.74, 6) is 0. The number of rotatable bonds is 5. The van der Waals surface area contributed by atoms with Crippen LogP contribution in [0.25, 0.3) is 0 Å². The molecule has 1 nitrogen and oxygen atoms in total. The van der Waals surface area contributed by atoms with Crippen molar-refractivity contribution in [1.82, 2.24) is 5.32 Å². The fraction of sp³-hybridized carbons (Fsp3) is 0.538. The van der Waals surface area contributed by atoms with Crippen LogP contribution in [0.15, 0.2) is 24.3 Å². The van der Waals surface area contributed by atoms with Crippen LogP contribution in [0.4, 0.5) is 0 Å². The topological polar surface area (TPSA) is 12.0 Å². The number of hydrogen-bond acceptors (Lipinski definition) is 1. The highest BCUT2D eigenvalue weighted by atomic mass is 35.5. The molecular weight excluding hydrogens is 206 g/mol. The Morgan fingerprint density at radius 2 is 1.80 bits per heavy atom. The van der Waals surface area contributed by atoms with Gasteiger partial charge in [-0.15, -0.1) is 0 Å². The molecule has 1 aromatic rings. The van der Waals surface area contributed by atoms with Gasteiger partial charge in [-0.1, -0.05) is 44.5 Å². The third-order valence-corrected chi connectivity index (χ3v) is 2.70. The van der Waals surface area contributed by atoms with Crippen LogP contribution in [-0.4, -0.2) is 13.1 Å². The minimum absolute atomic E-state index is 0.295. The maximum atomic E-state index is 5.85. The van der Waals surface area contributed by atoms with Gasteiger partial charge in [0, 0.05) is 11.6 Å². The summed E-state index contributed by atoms with van der Waals surface area (Å²) in [6, 6.07) is 8.13. The molecule has 0 bridgehead atoms. The van der Waals surface area contributed by atoms with Crippen molar-refractivity contribution in [3.8, 4) is 0 Å². The van der Waals surface area contributed by atoms with E-state index < -0.39 is 0 Å². The number of hydrogen-bond donors (Lipinski definition) is 1. The molecule has 0 saturated heterocycles. The third kappa shape index (κ3) is 4.67. The second-order valence-electron chi connectivity index (χ2n) is 4.75. The highest BCUT2D eigenvalue weighted by molar-refractivity contribution is 6.30. The van der Waals surface area contributed by atoms with Crippen LogP contribution in [0.2, 0.25) is 5.02 Å². The van der Waals surface area contributed by atoms with Crippen LogP contribution in [-0.2, 0) is 6.42 Å². The first-order valence-electron chi connectivity index (χ1n) is 5.49. The van der Waals surface area contributed by atoms with Crippen molar-refractivity contribution in [2.45, 2.75) is 27.2 Å². The first-order valence-corrected chi connectivity index (χ1v) is 5.86. The quantitative estimate of drug-likeness (QED) is 0.809. The van der Waals surface area contributed by atoms with Crippen molar-refractivity contribution in [3.63, 3.8) is 0 Å². The number of halogens is 1. The molecule has 1 aromatic carbocycles. The summed E-state index contributed by atoms with van der Waals surface area (Å²) in [4.78, 5) is 0. The predicted octanol–water partition coefficient (Wildman–Crippen LogP) is 3.52. The van der Waals surface area contributed by atoms with Crippen LogP contribution in [0, 0.1) is 5.41 Å². The average molecular weight is 226 g/mol. The summed E-state index contributed by atoms with van der Waals surface area (Å²) in [5, 5.41) is 4.20. The Morgan fingerprint density at radius 1 is 1.20 bits per heavy atom. The standard InChI is InChI=1S/C13H20ClN/c1-4-15-10-13(2,3)9-11-5-7-12(14)8-6-11/h5-8,15H,4,9-10H2,1-3H3. The molecule has 0 aromatic heterocycles.